The molecule has 0 aliphatic carbocycles. The Kier molecular flexibility index (Phi) is 5.70. The molecular weight excluding hydrogens is 350 g/mol. The van der Waals surface area contributed by atoms with E-state index in [0.29, 0.717) is 11.5 Å². The van der Waals surface area contributed by atoms with E-state index in [1.54, 1.807) is 24.5 Å². The third-order valence-electron chi connectivity index (χ3n) is 5.95. The van der Waals surface area contributed by atoms with Gasteiger partial charge >= 0.3 is 0 Å². The average molecular weight is 377 g/mol. The molecule has 0 radical (unpaired) electrons. The van der Waals surface area contributed by atoms with E-state index >= 15 is 0 Å². The minimum atomic E-state index is 0.102. The van der Waals surface area contributed by atoms with Gasteiger partial charge in [-0.3, -0.25) is 14.6 Å². The maximum absolute atomic E-state index is 12.5. The van der Waals surface area contributed by atoms with Crippen molar-refractivity contribution >= 4 is 11.8 Å². The van der Waals surface area contributed by atoms with Gasteiger partial charge in [0.1, 0.15) is 0 Å². The highest BCUT2D eigenvalue weighted by molar-refractivity contribution is 5.94. The van der Waals surface area contributed by atoms with Gasteiger partial charge in [0, 0.05) is 49.7 Å². The number of rotatable bonds is 4. The number of aromatic nitrogens is 1. The lowest BCUT2D eigenvalue weighted by molar-refractivity contribution is 0.0690. The van der Waals surface area contributed by atoms with E-state index < -0.39 is 0 Å². The first-order chi connectivity index (χ1) is 13.7. The van der Waals surface area contributed by atoms with Gasteiger partial charge in [-0.1, -0.05) is 12.1 Å². The Morgan fingerprint density at radius 2 is 1.32 bits per heavy atom. The lowest BCUT2D eigenvalue weighted by Gasteiger charge is -2.32. The SMILES string of the molecule is O=C(c1ccc(CC2CCN(C(=O)c3ccncc3)CC2)cc1)N1CCCC1. The summed E-state index contributed by atoms with van der Waals surface area (Å²) < 4.78 is 0. The summed E-state index contributed by atoms with van der Waals surface area (Å²) in [5.41, 5.74) is 2.78. The van der Waals surface area contributed by atoms with Gasteiger partial charge in [0.05, 0.1) is 0 Å². The van der Waals surface area contributed by atoms with Crippen LogP contribution in [0.15, 0.2) is 48.8 Å². The molecule has 146 valence electrons. The summed E-state index contributed by atoms with van der Waals surface area (Å²) in [6.07, 6.45) is 8.61. The van der Waals surface area contributed by atoms with Gasteiger partial charge in [-0.15, -0.1) is 0 Å². The highest BCUT2D eigenvalue weighted by Crippen LogP contribution is 2.23. The molecule has 0 unspecified atom stereocenters. The zero-order chi connectivity index (χ0) is 19.3. The Hall–Kier alpha value is -2.69. The molecule has 2 aliphatic rings. The van der Waals surface area contributed by atoms with Crippen LogP contribution < -0.4 is 0 Å². The maximum Gasteiger partial charge on any atom is 0.253 e. The van der Waals surface area contributed by atoms with Gasteiger partial charge in [0.2, 0.25) is 0 Å². The van der Waals surface area contributed by atoms with E-state index in [2.05, 4.69) is 17.1 Å². The van der Waals surface area contributed by atoms with Gasteiger partial charge in [0.15, 0.2) is 0 Å². The van der Waals surface area contributed by atoms with E-state index in [0.717, 1.165) is 63.8 Å². The molecule has 0 N–H and O–H groups in total. The summed E-state index contributed by atoms with van der Waals surface area (Å²) in [4.78, 5) is 32.9. The smallest absolute Gasteiger partial charge is 0.253 e. The van der Waals surface area contributed by atoms with Crippen LogP contribution in [-0.4, -0.2) is 52.8 Å². The molecule has 4 rings (SSSR count). The molecule has 2 amide bonds. The van der Waals surface area contributed by atoms with Crippen LogP contribution >= 0.6 is 0 Å². The van der Waals surface area contributed by atoms with Crippen molar-refractivity contribution in [3.05, 3.63) is 65.5 Å². The van der Waals surface area contributed by atoms with Gasteiger partial charge in [-0.25, -0.2) is 0 Å². The van der Waals surface area contributed by atoms with Crippen molar-refractivity contribution in [1.82, 2.24) is 14.8 Å². The lowest BCUT2D eigenvalue weighted by atomic mass is 9.89. The summed E-state index contributed by atoms with van der Waals surface area (Å²) in [6, 6.07) is 11.7. The highest BCUT2D eigenvalue weighted by atomic mass is 16.2. The standard InChI is InChI=1S/C23H27N3O2/c27-22(25-13-1-2-14-25)20-5-3-18(4-6-20)17-19-9-15-26(16-10-19)23(28)21-7-11-24-12-8-21/h3-8,11-12,19H,1-2,9-10,13-17H2. The molecule has 2 saturated heterocycles. The van der Waals surface area contributed by atoms with Gasteiger partial charge in [-0.2, -0.15) is 0 Å². The second-order valence-corrected chi connectivity index (χ2v) is 7.87. The molecule has 1 aromatic carbocycles. The third kappa shape index (κ3) is 4.24. The fourth-order valence-corrected chi connectivity index (χ4v) is 4.24. The van der Waals surface area contributed by atoms with E-state index in [-0.39, 0.29) is 11.8 Å². The van der Waals surface area contributed by atoms with Gasteiger partial charge in [-0.05, 0) is 67.9 Å². The number of nitrogens with zero attached hydrogens (tertiary/aromatic N) is 3. The molecule has 0 bridgehead atoms. The summed E-state index contributed by atoms with van der Waals surface area (Å²) in [7, 11) is 0. The molecule has 5 nitrogen and oxygen atoms in total. The van der Waals surface area contributed by atoms with Crippen molar-refractivity contribution < 1.29 is 9.59 Å². The van der Waals surface area contributed by atoms with Crippen LogP contribution in [0.3, 0.4) is 0 Å². The fourth-order valence-electron chi connectivity index (χ4n) is 4.24. The maximum atomic E-state index is 12.5. The van der Waals surface area contributed by atoms with Crippen LogP contribution in [0.2, 0.25) is 0 Å². The van der Waals surface area contributed by atoms with Crippen molar-refractivity contribution in [2.75, 3.05) is 26.2 Å². The summed E-state index contributed by atoms with van der Waals surface area (Å²) in [5.74, 6) is 0.847. The first-order valence-electron chi connectivity index (χ1n) is 10.3. The average Bonchev–Trinajstić information content (AvgIpc) is 3.29. The van der Waals surface area contributed by atoms with Gasteiger partial charge < -0.3 is 9.80 Å². The Morgan fingerprint density at radius 3 is 1.93 bits per heavy atom. The molecule has 2 aromatic rings. The number of hydrogen-bond donors (Lipinski definition) is 0. The van der Waals surface area contributed by atoms with Crippen LogP contribution in [0.25, 0.3) is 0 Å². The quantitative estimate of drug-likeness (QED) is 0.820. The normalized spacial score (nSPS) is 17.7. The second-order valence-electron chi connectivity index (χ2n) is 7.87. The van der Waals surface area contributed by atoms with Gasteiger partial charge in [0.25, 0.3) is 11.8 Å². The number of carbonyl (C=O) groups excluding carboxylic acids is 2. The molecule has 28 heavy (non-hydrogen) atoms. The van der Waals surface area contributed by atoms with E-state index in [1.165, 1.54) is 5.56 Å². The summed E-state index contributed by atoms with van der Waals surface area (Å²) >= 11 is 0. The van der Waals surface area contributed by atoms with Crippen molar-refractivity contribution in [3.63, 3.8) is 0 Å². The highest BCUT2D eigenvalue weighted by Gasteiger charge is 2.24. The summed E-state index contributed by atoms with van der Waals surface area (Å²) in [5, 5.41) is 0. The molecule has 2 fully saturated rings. The predicted molar refractivity (Wildman–Crippen MR) is 108 cm³/mol. The van der Waals surface area contributed by atoms with Crippen LogP contribution in [0.5, 0.6) is 0 Å². The molecule has 3 heterocycles. The molecule has 2 aliphatic heterocycles. The number of carbonyl (C=O) groups is 2. The van der Waals surface area contributed by atoms with Crippen LogP contribution in [0, 0.1) is 5.92 Å². The van der Waals surface area contributed by atoms with Crippen LogP contribution in [0.4, 0.5) is 0 Å². The predicted octanol–water partition coefficient (Wildman–Crippen LogP) is 3.41. The van der Waals surface area contributed by atoms with Crippen LogP contribution in [0.1, 0.15) is 52.0 Å². The zero-order valence-corrected chi connectivity index (χ0v) is 16.2. The number of piperidine rings is 1. The Morgan fingerprint density at radius 1 is 0.786 bits per heavy atom. The Bertz CT molecular complexity index is 806. The number of hydrogen-bond acceptors (Lipinski definition) is 3. The van der Waals surface area contributed by atoms with E-state index in [1.807, 2.05) is 21.9 Å². The number of likely N-dealkylation sites (tertiary alicyclic amines) is 2. The van der Waals surface area contributed by atoms with Crippen molar-refractivity contribution in [3.8, 4) is 0 Å². The van der Waals surface area contributed by atoms with Crippen molar-refractivity contribution in [2.24, 2.45) is 5.92 Å². The Balaban J connectivity index is 1.29. The minimum Gasteiger partial charge on any atom is -0.339 e. The topological polar surface area (TPSA) is 53.5 Å². The molecule has 0 atom stereocenters. The number of benzene rings is 1. The van der Waals surface area contributed by atoms with Crippen molar-refractivity contribution in [1.29, 1.82) is 0 Å². The minimum absolute atomic E-state index is 0.102. The first-order valence-corrected chi connectivity index (χ1v) is 10.3. The van der Waals surface area contributed by atoms with E-state index in [4.69, 9.17) is 0 Å². The monoisotopic (exact) mass is 377 g/mol. The largest absolute Gasteiger partial charge is 0.339 e. The second kappa shape index (κ2) is 8.55. The fraction of sp³-hybridized carbons (Fsp3) is 0.435. The van der Waals surface area contributed by atoms with Crippen molar-refractivity contribution in [2.45, 2.75) is 32.1 Å². The zero-order valence-electron chi connectivity index (χ0n) is 16.2. The third-order valence-corrected chi connectivity index (χ3v) is 5.95. The molecule has 0 saturated carbocycles. The molecule has 1 aromatic heterocycles. The Labute approximate surface area is 166 Å². The number of pyridine rings is 1. The first kappa shape index (κ1) is 18.7. The molecular formula is C23H27N3O2. The lowest BCUT2D eigenvalue weighted by Crippen LogP contribution is -2.38. The van der Waals surface area contributed by atoms with Crippen LogP contribution in [-0.2, 0) is 6.42 Å². The summed E-state index contributed by atoms with van der Waals surface area (Å²) in [6.45, 7) is 3.38. The molecule has 5 heteroatoms. The van der Waals surface area contributed by atoms with E-state index in [9.17, 15) is 9.59 Å². The number of amides is 2. The molecule has 0 spiro atoms.